The molecule has 0 atom stereocenters. The van der Waals surface area contributed by atoms with Crippen LogP contribution in [0.25, 0.3) is 0 Å². The Morgan fingerprint density at radius 3 is 2.71 bits per heavy atom. The summed E-state index contributed by atoms with van der Waals surface area (Å²) in [5.41, 5.74) is 0.245. The van der Waals surface area contributed by atoms with Gasteiger partial charge in [-0.1, -0.05) is 5.21 Å². The Bertz CT molecular complexity index is 325. The second-order valence-electron chi connectivity index (χ2n) is 4.06. The SMILES string of the molecule is COCC(=O)c1cnnn1C(C)(C)C. The minimum Gasteiger partial charge on any atom is -0.376 e. The van der Waals surface area contributed by atoms with Gasteiger partial charge in [-0.25, -0.2) is 4.68 Å². The van der Waals surface area contributed by atoms with Gasteiger partial charge in [0.05, 0.1) is 11.7 Å². The maximum atomic E-state index is 11.5. The van der Waals surface area contributed by atoms with Crippen molar-refractivity contribution in [2.45, 2.75) is 26.3 Å². The van der Waals surface area contributed by atoms with Gasteiger partial charge in [-0.2, -0.15) is 0 Å². The first-order chi connectivity index (χ1) is 6.46. The first-order valence-corrected chi connectivity index (χ1v) is 4.40. The number of rotatable bonds is 3. The lowest BCUT2D eigenvalue weighted by molar-refractivity contribution is 0.0829. The Hall–Kier alpha value is -1.23. The molecular weight excluding hydrogens is 182 g/mol. The number of Topliss-reactive ketones (excluding diaryl/α,β-unsaturated/α-hetero) is 1. The van der Waals surface area contributed by atoms with E-state index in [1.165, 1.54) is 13.3 Å². The van der Waals surface area contributed by atoms with Crippen LogP contribution in [0.1, 0.15) is 31.3 Å². The minimum atomic E-state index is -0.241. The van der Waals surface area contributed by atoms with Gasteiger partial charge in [-0.3, -0.25) is 4.79 Å². The molecule has 0 aliphatic carbocycles. The van der Waals surface area contributed by atoms with Gasteiger partial charge >= 0.3 is 0 Å². The molecular formula is C9H15N3O2. The zero-order chi connectivity index (χ0) is 10.8. The zero-order valence-electron chi connectivity index (χ0n) is 8.94. The number of aromatic nitrogens is 3. The number of ether oxygens (including phenoxy) is 1. The zero-order valence-corrected chi connectivity index (χ0v) is 8.94. The molecule has 78 valence electrons. The van der Waals surface area contributed by atoms with Gasteiger partial charge in [0.15, 0.2) is 0 Å². The molecule has 5 nitrogen and oxygen atoms in total. The van der Waals surface area contributed by atoms with Crippen molar-refractivity contribution in [3.05, 3.63) is 11.9 Å². The van der Waals surface area contributed by atoms with Crippen molar-refractivity contribution in [1.29, 1.82) is 0 Å². The van der Waals surface area contributed by atoms with E-state index in [4.69, 9.17) is 4.74 Å². The number of methoxy groups -OCH3 is 1. The highest BCUT2D eigenvalue weighted by Gasteiger charge is 2.21. The number of hydrogen-bond acceptors (Lipinski definition) is 4. The maximum absolute atomic E-state index is 11.5. The lowest BCUT2D eigenvalue weighted by Gasteiger charge is -2.20. The van der Waals surface area contributed by atoms with E-state index in [1.54, 1.807) is 4.68 Å². The van der Waals surface area contributed by atoms with Crippen molar-refractivity contribution < 1.29 is 9.53 Å². The van der Waals surface area contributed by atoms with Gasteiger partial charge in [0.1, 0.15) is 12.3 Å². The van der Waals surface area contributed by atoms with E-state index in [2.05, 4.69) is 10.3 Å². The van der Waals surface area contributed by atoms with Crippen molar-refractivity contribution in [1.82, 2.24) is 15.0 Å². The predicted octanol–water partition coefficient (Wildman–Crippen LogP) is 0.862. The smallest absolute Gasteiger partial charge is 0.208 e. The van der Waals surface area contributed by atoms with Crippen LogP contribution >= 0.6 is 0 Å². The molecule has 0 bridgehead atoms. The Kier molecular flexibility index (Phi) is 3.00. The molecule has 14 heavy (non-hydrogen) atoms. The van der Waals surface area contributed by atoms with Gasteiger partial charge in [0.2, 0.25) is 5.78 Å². The molecule has 1 aromatic rings. The summed E-state index contributed by atoms with van der Waals surface area (Å²) in [6, 6.07) is 0. The molecule has 0 N–H and O–H groups in total. The van der Waals surface area contributed by atoms with E-state index in [1.807, 2.05) is 20.8 Å². The first-order valence-electron chi connectivity index (χ1n) is 4.40. The monoisotopic (exact) mass is 197 g/mol. The van der Waals surface area contributed by atoms with Crippen LogP contribution in [0.2, 0.25) is 0 Å². The molecule has 1 heterocycles. The van der Waals surface area contributed by atoms with Gasteiger partial charge in [-0.15, -0.1) is 5.10 Å². The summed E-state index contributed by atoms with van der Waals surface area (Å²) in [4.78, 5) is 11.5. The van der Waals surface area contributed by atoms with Gasteiger partial charge in [0, 0.05) is 7.11 Å². The fourth-order valence-electron chi connectivity index (χ4n) is 1.13. The highest BCUT2D eigenvalue weighted by atomic mass is 16.5. The van der Waals surface area contributed by atoms with Crippen LogP contribution in [-0.4, -0.2) is 34.5 Å². The topological polar surface area (TPSA) is 57.0 Å². The predicted molar refractivity (Wildman–Crippen MR) is 51.2 cm³/mol. The Labute approximate surface area is 83.1 Å². The van der Waals surface area contributed by atoms with Crippen LogP contribution in [0.5, 0.6) is 0 Å². The van der Waals surface area contributed by atoms with Gasteiger partial charge in [0.25, 0.3) is 0 Å². The number of nitrogens with zero attached hydrogens (tertiary/aromatic N) is 3. The molecule has 0 radical (unpaired) electrons. The molecule has 0 fully saturated rings. The highest BCUT2D eigenvalue weighted by molar-refractivity contribution is 5.95. The number of carbonyl (C=O) groups excluding carboxylic acids is 1. The number of hydrogen-bond donors (Lipinski definition) is 0. The van der Waals surface area contributed by atoms with Crippen molar-refractivity contribution in [3.63, 3.8) is 0 Å². The highest BCUT2D eigenvalue weighted by Crippen LogP contribution is 2.14. The fraction of sp³-hybridized carbons (Fsp3) is 0.667. The average molecular weight is 197 g/mol. The van der Waals surface area contributed by atoms with Gasteiger partial charge < -0.3 is 4.74 Å². The summed E-state index contributed by atoms with van der Waals surface area (Å²) in [5, 5.41) is 7.61. The lowest BCUT2D eigenvalue weighted by atomic mass is 10.1. The maximum Gasteiger partial charge on any atom is 0.208 e. The molecule has 0 aliphatic heterocycles. The molecule has 0 unspecified atom stereocenters. The molecule has 1 rings (SSSR count). The summed E-state index contributed by atoms with van der Waals surface area (Å²) in [6.45, 7) is 5.95. The summed E-state index contributed by atoms with van der Waals surface area (Å²) >= 11 is 0. The van der Waals surface area contributed by atoms with E-state index < -0.39 is 0 Å². The number of carbonyl (C=O) groups is 1. The van der Waals surface area contributed by atoms with Crippen molar-refractivity contribution >= 4 is 5.78 Å². The normalized spacial score (nSPS) is 11.7. The van der Waals surface area contributed by atoms with Crippen molar-refractivity contribution in [3.8, 4) is 0 Å². The fourth-order valence-corrected chi connectivity index (χ4v) is 1.13. The standard InChI is InChI=1S/C9H15N3O2/c1-9(2,3)12-7(5-10-11-12)8(13)6-14-4/h5H,6H2,1-4H3. The first kappa shape index (κ1) is 10.8. The van der Waals surface area contributed by atoms with Crippen LogP contribution in [0.15, 0.2) is 6.20 Å². The van der Waals surface area contributed by atoms with Crippen LogP contribution in [0, 0.1) is 0 Å². The second-order valence-corrected chi connectivity index (χ2v) is 4.06. The van der Waals surface area contributed by atoms with Crippen LogP contribution in [0.4, 0.5) is 0 Å². The van der Waals surface area contributed by atoms with Crippen LogP contribution in [0.3, 0.4) is 0 Å². The molecule has 0 amide bonds. The van der Waals surface area contributed by atoms with Crippen LogP contribution in [-0.2, 0) is 10.3 Å². The van der Waals surface area contributed by atoms with E-state index in [0.29, 0.717) is 5.69 Å². The molecule has 1 aromatic heterocycles. The molecule has 0 saturated heterocycles. The summed E-state index contributed by atoms with van der Waals surface area (Å²) in [5.74, 6) is -0.104. The largest absolute Gasteiger partial charge is 0.376 e. The third-order valence-electron chi connectivity index (χ3n) is 1.75. The summed E-state index contributed by atoms with van der Waals surface area (Å²) in [7, 11) is 1.49. The van der Waals surface area contributed by atoms with E-state index in [0.717, 1.165) is 0 Å². The van der Waals surface area contributed by atoms with Crippen molar-refractivity contribution in [2.75, 3.05) is 13.7 Å². The lowest BCUT2D eigenvalue weighted by Crippen LogP contribution is -2.28. The van der Waals surface area contributed by atoms with Gasteiger partial charge in [-0.05, 0) is 20.8 Å². The van der Waals surface area contributed by atoms with E-state index in [9.17, 15) is 4.79 Å². The summed E-state index contributed by atoms with van der Waals surface area (Å²) < 4.78 is 6.38. The Morgan fingerprint density at radius 2 is 2.21 bits per heavy atom. The molecule has 0 aliphatic rings. The Morgan fingerprint density at radius 1 is 1.57 bits per heavy atom. The Balaban J connectivity index is 2.99. The summed E-state index contributed by atoms with van der Waals surface area (Å²) in [6.07, 6.45) is 1.46. The minimum absolute atomic E-state index is 0.0590. The van der Waals surface area contributed by atoms with Crippen LogP contribution < -0.4 is 0 Å². The molecule has 0 spiro atoms. The van der Waals surface area contributed by atoms with Crippen molar-refractivity contribution in [2.24, 2.45) is 0 Å². The molecule has 5 heteroatoms. The van der Waals surface area contributed by atoms with E-state index >= 15 is 0 Å². The second kappa shape index (κ2) is 3.88. The molecule has 0 saturated carbocycles. The third-order valence-corrected chi connectivity index (χ3v) is 1.75. The van der Waals surface area contributed by atoms with E-state index in [-0.39, 0.29) is 17.9 Å². The third kappa shape index (κ3) is 2.17. The quantitative estimate of drug-likeness (QED) is 0.674. The molecule has 0 aromatic carbocycles. The number of ketones is 1. The average Bonchev–Trinajstić information content (AvgIpc) is 2.50.